The molecule has 3 rings (SSSR count). The third-order valence-corrected chi connectivity index (χ3v) is 4.88. The molecule has 1 amide bonds. The average Bonchev–Trinajstić information content (AvgIpc) is 2.49. The highest BCUT2D eigenvalue weighted by molar-refractivity contribution is 5.82. The molecule has 0 aromatic heterocycles. The van der Waals surface area contributed by atoms with Crippen molar-refractivity contribution in [1.82, 2.24) is 10.2 Å². The third-order valence-electron chi connectivity index (χ3n) is 4.88. The molecule has 1 aliphatic heterocycles. The molecule has 1 saturated heterocycles. The number of aliphatic hydroxyl groups is 1. The van der Waals surface area contributed by atoms with Crippen LogP contribution >= 0.6 is 0 Å². The quantitative estimate of drug-likeness (QED) is 0.749. The van der Waals surface area contributed by atoms with Crippen LogP contribution in [0.3, 0.4) is 0 Å². The molecule has 1 heterocycles. The van der Waals surface area contributed by atoms with Crippen molar-refractivity contribution in [3.63, 3.8) is 0 Å². The third kappa shape index (κ3) is 3.31. The van der Waals surface area contributed by atoms with Crippen LogP contribution < -0.4 is 5.32 Å². The standard InChI is InChI=1S/C17H21N3O3/c18-9-13-8-12(2-3-15(13)21)10-20-7-4-14(20)16(22)19-11-17(23)5-1-6-17/h2-3,8,14,21,23H,1,4-7,10-11H2,(H,19,22). The molecular weight excluding hydrogens is 294 g/mol. The minimum atomic E-state index is -0.705. The van der Waals surface area contributed by atoms with Crippen LogP contribution in [0.25, 0.3) is 0 Å². The van der Waals surface area contributed by atoms with E-state index in [1.165, 1.54) is 6.07 Å². The zero-order valence-electron chi connectivity index (χ0n) is 13.0. The summed E-state index contributed by atoms with van der Waals surface area (Å²) >= 11 is 0. The maximum Gasteiger partial charge on any atom is 0.237 e. The summed E-state index contributed by atoms with van der Waals surface area (Å²) in [5.41, 5.74) is 0.439. The first-order valence-electron chi connectivity index (χ1n) is 7.97. The molecule has 122 valence electrons. The molecule has 1 saturated carbocycles. The lowest BCUT2D eigenvalue weighted by Crippen LogP contribution is -2.58. The summed E-state index contributed by atoms with van der Waals surface area (Å²) in [6, 6.07) is 6.70. The minimum Gasteiger partial charge on any atom is -0.507 e. The number of nitrogens with one attached hydrogen (secondary N) is 1. The van der Waals surface area contributed by atoms with Crippen molar-refractivity contribution in [2.75, 3.05) is 13.1 Å². The number of rotatable bonds is 5. The van der Waals surface area contributed by atoms with E-state index in [9.17, 15) is 15.0 Å². The summed E-state index contributed by atoms with van der Waals surface area (Å²) in [5, 5.41) is 31.4. The number of amides is 1. The minimum absolute atomic E-state index is 0.0251. The Bertz CT molecular complexity index is 649. The molecule has 2 aliphatic rings. The second-order valence-corrected chi connectivity index (χ2v) is 6.53. The number of aromatic hydroxyl groups is 1. The van der Waals surface area contributed by atoms with Gasteiger partial charge in [-0.25, -0.2) is 0 Å². The Morgan fingerprint density at radius 2 is 2.26 bits per heavy atom. The Kier molecular flexibility index (Phi) is 4.24. The van der Waals surface area contributed by atoms with Gasteiger partial charge in [0.2, 0.25) is 5.91 Å². The van der Waals surface area contributed by atoms with Crippen molar-refractivity contribution in [2.45, 2.75) is 43.9 Å². The van der Waals surface area contributed by atoms with E-state index in [1.807, 2.05) is 11.0 Å². The lowest BCUT2D eigenvalue weighted by molar-refractivity contribution is -0.133. The van der Waals surface area contributed by atoms with E-state index in [0.29, 0.717) is 13.1 Å². The fourth-order valence-corrected chi connectivity index (χ4v) is 3.06. The number of carbonyl (C=O) groups is 1. The molecule has 1 aromatic rings. The van der Waals surface area contributed by atoms with Crippen molar-refractivity contribution in [1.29, 1.82) is 5.26 Å². The first-order chi connectivity index (χ1) is 11.0. The zero-order chi connectivity index (χ0) is 16.4. The number of hydrogen-bond acceptors (Lipinski definition) is 5. The maximum atomic E-state index is 12.2. The van der Waals surface area contributed by atoms with Crippen LogP contribution in [0.1, 0.15) is 36.8 Å². The summed E-state index contributed by atoms with van der Waals surface area (Å²) < 4.78 is 0. The second-order valence-electron chi connectivity index (χ2n) is 6.53. The highest BCUT2D eigenvalue weighted by Gasteiger charge is 2.38. The van der Waals surface area contributed by atoms with Gasteiger partial charge in [-0.05, 0) is 43.4 Å². The van der Waals surface area contributed by atoms with Crippen molar-refractivity contribution in [3.8, 4) is 11.8 Å². The normalized spacial score (nSPS) is 22.5. The van der Waals surface area contributed by atoms with Gasteiger partial charge in [-0.1, -0.05) is 6.07 Å². The summed E-state index contributed by atoms with van der Waals surface area (Å²) in [4.78, 5) is 14.3. The molecule has 1 aliphatic carbocycles. The highest BCUT2D eigenvalue weighted by Crippen LogP contribution is 2.31. The van der Waals surface area contributed by atoms with Crippen molar-refractivity contribution in [2.24, 2.45) is 0 Å². The first-order valence-corrected chi connectivity index (χ1v) is 7.97. The molecule has 0 spiro atoms. The first kappa shape index (κ1) is 15.8. The van der Waals surface area contributed by atoms with E-state index in [2.05, 4.69) is 5.32 Å². The average molecular weight is 315 g/mol. The van der Waals surface area contributed by atoms with E-state index in [1.54, 1.807) is 12.1 Å². The van der Waals surface area contributed by atoms with Gasteiger partial charge in [0, 0.05) is 19.6 Å². The van der Waals surface area contributed by atoms with Crippen LogP contribution in [0, 0.1) is 11.3 Å². The van der Waals surface area contributed by atoms with E-state index in [4.69, 9.17) is 5.26 Å². The molecule has 1 atom stereocenters. The van der Waals surface area contributed by atoms with E-state index in [0.717, 1.165) is 37.8 Å². The van der Waals surface area contributed by atoms with Gasteiger partial charge in [0.1, 0.15) is 11.8 Å². The molecule has 23 heavy (non-hydrogen) atoms. The van der Waals surface area contributed by atoms with Crippen molar-refractivity contribution < 1.29 is 15.0 Å². The Hall–Kier alpha value is -2.10. The number of phenolic OH excluding ortho intramolecular Hbond substituents is 1. The van der Waals surface area contributed by atoms with Gasteiger partial charge >= 0.3 is 0 Å². The fourth-order valence-electron chi connectivity index (χ4n) is 3.06. The molecule has 1 aromatic carbocycles. The van der Waals surface area contributed by atoms with Gasteiger partial charge in [0.15, 0.2) is 0 Å². The summed E-state index contributed by atoms with van der Waals surface area (Å²) in [6.45, 7) is 1.72. The van der Waals surface area contributed by atoms with Crippen LogP contribution in [-0.2, 0) is 11.3 Å². The Morgan fingerprint density at radius 3 is 2.83 bits per heavy atom. The molecule has 0 bridgehead atoms. The van der Waals surface area contributed by atoms with Crippen molar-refractivity contribution >= 4 is 5.91 Å². The van der Waals surface area contributed by atoms with Crippen LogP contribution in [0.4, 0.5) is 0 Å². The number of nitrogens with zero attached hydrogens (tertiary/aromatic N) is 2. The molecule has 6 nitrogen and oxygen atoms in total. The lowest BCUT2D eigenvalue weighted by Gasteiger charge is -2.41. The van der Waals surface area contributed by atoms with Gasteiger partial charge in [-0.3, -0.25) is 9.69 Å². The summed E-state index contributed by atoms with van der Waals surface area (Å²) in [5.74, 6) is -0.0706. The SMILES string of the molecule is N#Cc1cc(CN2CCC2C(=O)NCC2(O)CCC2)ccc1O. The predicted molar refractivity (Wildman–Crippen MR) is 83.4 cm³/mol. The Morgan fingerprint density at radius 1 is 1.48 bits per heavy atom. The number of benzene rings is 1. The molecule has 3 N–H and O–H groups in total. The maximum absolute atomic E-state index is 12.2. The molecule has 0 radical (unpaired) electrons. The van der Waals surface area contributed by atoms with E-state index in [-0.39, 0.29) is 23.3 Å². The molecular formula is C17H21N3O3. The number of carbonyl (C=O) groups excluding carboxylic acids is 1. The lowest BCUT2D eigenvalue weighted by atomic mass is 9.80. The number of nitriles is 1. The molecule has 2 fully saturated rings. The number of likely N-dealkylation sites (tertiary alicyclic amines) is 1. The van der Waals surface area contributed by atoms with Crippen LogP contribution in [0.15, 0.2) is 18.2 Å². The Labute approximate surface area is 135 Å². The van der Waals surface area contributed by atoms with E-state index < -0.39 is 5.60 Å². The van der Waals surface area contributed by atoms with Gasteiger partial charge in [0.05, 0.1) is 17.2 Å². The van der Waals surface area contributed by atoms with Crippen molar-refractivity contribution in [3.05, 3.63) is 29.3 Å². The van der Waals surface area contributed by atoms with Gasteiger partial charge < -0.3 is 15.5 Å². The zero-order valence-corrected chi connectivity index (χ0v) is 13.0. The van der Waals surface area contributed by atoms with E-state index >= 15 is 0 Å². The van der Waals surface area contributed by atoms with Gasteiger partial charge in [-0.15, -0.1) is 0 Å². The number of hydrogen-bond donors (Lipinski definition) is 3. The number of phenols is 1. The summed E-state index contributed by atoms with van der Waals surface area (Å²) in [6.07, 6.45) is 3.33. The predicted octanol–water partition coefficient (Wildman–Crippen LogP) is 0.869. The second kappa shape index (κ2) is 6.19. The van der Waals surface area contributed by atoms with Crippen LogP contribution in [0.5, 0.6) is 5.75 Å². The van der Waals surface area contributed by atoms with Crippen LogP contribution in [0.2, 0.25) is 0 Å². The monoisotopic (exact) mass is 315 g/mol. The highest BCUT2D eigenvalue weighted by atomic mass is 16.3. The Balaban J connectivity index is 1.55. The molecule has 1 unspecified atom stereocenters. The van der Waals surface area contributed by atoms with Crippen LogP contribution in [-0.4, -0.2) is 45.8 Å². The fraction of sp³-hybridized carbons (Fsp3) is 0.529. The van der Waals surface area contributed by atoms with Gasteiger partial charge in [-0.2, -0.15) is 5.26 Å². The molecule has 6 heteroatoms. The summed E-state index contributed by atoms with van der Waals surface area (Å²) in [7, 11) is 0. The van der Waals surface area contributed by atoms with Gasteiger partial charge in [0.25, 0.3) is 0 Å². The smallest absolute Gasteiger partial charge is 0.237 e. The largest absolute Gasteiger partial charge is 0.507 e. The topological polar surface area (TPSA) is 96.6 Å².